The lowest BCUT2D eigenvalue weighted by Crippen LogP contribution is -2.31. The predicted octanol–water partition coefficient (Wildman–Crippen LogP) is 3.77. The van der Waals surface area contributed by atoms with Crippen LogP contribution in [-0.4, -0.2) is 15.3 Å². The van der Waals surface area contributed by atoms with Gasteiger partial charge in [-0.3, -0.25) is 4.79 Å². The molecule has 4 nitrogen and oxygen atoms in total. The molecule has 0 aliphatic carbocycles. The van der Waals surface area contributed by atoms with Crippen LogP contribution in [0.2, 0.25) is 0 Å². The summed E-state index contributed by atoms with van der Waals surface area (Å²) in [6.07, 6.45) is 1.79. The largest absolute Gasteiger partial charge is 0.344 e. The Bertz CT molecular complexity index is 821. The van der Waals surface area contributed by atoms with E-state index >= 15 is 0 Å². The third-order valence-electron chi connectivity index (χ3n) is 4.04. The number of fused-ring (bicyclic) bond motifs is 1. The zero-order chi connectivity index (χ0) is 16.4. The first-order valence-corrected chi connectivity index (χ1v) is 7.87. The molecule has 0 spiro atoms. The zero-order valence-corrected chi connectivity index (χ0v) is 13.7. The SMILES string of the molecule is Cc1cccc2nc(C(=O)NC(c3ccccc3)C(C)C)cn12. The number of benzene rings is 1. The van der Waals surface area contributed by atoms with Crippen LogP contribution in [0, 0.1) is 12.8 Å². The van der Waals surface area contributed by atoms with Crippen LogP contribution in [0.25, 0.3) is 5.65 Å². The molecule has 118 valence electrons. The normalized spacial score (nSPS) is 12.5. The highest BCUT2D eigenvalue weighted by molar-refractivity contribution is 5.93. The van der Waals surface area contributed by atoms with Crippen LogP contribution in [0.4, 0.5) is 0 Å². The Morgan fingerprint density at radius 1 is 1.09 bits per heavy atom. The number of hydrogen-bond acceptors (Lipinski definition) is 2. The van der Waals surface area contributed by atoms with E-state index in [4.69, 9.17) is 0 Å². The Morgan fingerprint density at radius 3 is 2.48 bits per heavy atom. The van der Waals surface area contributed by atoms with Gasteiger partial charge < -0.3 is 9.72 Å². The minimum Gasteiger partial charge on any atom is -0.344 e. The molecule has 0 bridgehead atoms. The van der Waals surface area contributed by atoms with Gasteiger partial charge in [0, 0.05) is 11.9 Å². The maximum Gasteiger partial charge on any atom is 0.271 e. The minimum absolute atomic E-state index is 0.0328. The zero-order valence-electron chi connectivity index (χ0n) is 13.7. The maximum absolute atomic E-state index is 12.6. The van der Waals surface area contributed by atoms with Crippen molar-refractivity contribution >= 4 is 11.6 Å². The van der Waals surface area contributed by atoms with Crippen molar-refractivity contribution in [2.45, 2.75) is 26.8 Å². The number of nitrogens with one attached hydrogen (secondary N) is 1. The Morgan fingerprint density at radius 2 is 1.83 bits per heavy atom. The van der Waals surface area contributed by atoms with E-state index in [1.165, 1.54) is 0 Å². The molecule has 0 aliphatic heterocycles. The van der Waals surface area contributed by atoms with Crippen molar-refractivity contribution in [3.05, 3.63) is 71.7 Å². The molecule has 23 heavy (non-hydrogen) atoms. The highest BCUT2D eigenvalue weighted by Gasteiger charge is 2.20. The van der Waals surface area contributed by atoms with Gasteiger partial charge in [-0.25, -0.2) is 4.98 Å². The van der Waals surface area contributed by atoms with Gasteiger partial charge in [0.25, 0.3) is 5.91 Å². The van der Waals surface area contributed by atoms with Gasteiger partial charge in [0.15, 0.2) is 0 Å². The number of aromatic nitrogens is 2. The molecular weight excluding hydrogens is 286 g/mol. The van der Waals surface area contributed by atoms with Crippen molar-refractivity contribution < 1.29 is 4.79 Å². The van der Waals surface area contributed by atoms with Crippen LogP contribution in [0.5, 0.6) is 0 Å². The summed E-state index contributed by atoms with van der Waals surface area (Å²) in [6.45, 7) is 6.20. The van der Waals surface area contributed by atoms with Gasteiger partial charge in [-0.15, -0.1) is 0 Å². The van der Waals surface area contributed by atoms with Gasteiger partial charge >= 0.3 is 0 Å². The number of imidazole rings is 1. The topological polar surface area (TPSA) is 46.4 Å². The lowest BCUT2D eigenvalue weighted by molar-refractivity contribution is 0.0921. The number of nitrogens with zero attached hydrogens (tertiary/aromatic N) is 2. The van der Waals surface area contributed by atoms with Gasteiger partial charge in [0.2, 0.25) is 0 Å². The van der Waals surface area contributed by atoms with Gasteiger partial charge in [-0.2, -0.15) is 0 Å². The number of carbonyl (C=O) groups is 1. The van der Waals surface area contributed by atoms with Crippen molar-refractivity contribution in [2.24, 2.45) is 5.92 Å². The summed E-state index contributed by atoms with van der Waals surface area (Å²) in [5.74, 6) is 0.149. The van der Waals surface area contributed by atoms with Crippen LogP contribution in [0.1, 0.15) is 41.6 Å². The summed E-state index contributed by atoms with van der Waals surface area (Å²) < 4.78 is 1.93. The second kappa shape index (κ2) is 6.24. The standard InChI is InChI=1S/C19H21N3O/c1-13(2)18(15-9-5-4-6-10-15)21-19(23)16-12-22-14(3)8-7-11-17(22)20-16/h4-13,18H,1-3H3,(H,21,23). The first kappa shape index (κ1) is 15.3. The van der Waals surface area contributed by atoms with E-state index in [0.717, 1.165) is 16.9 Å². The van der Waals surface area contributed by atoms with Crippen molar-refractivity contribution in [3.8, 4) is 0 Å². The summed E-state index contributed by atoms with van der Waals surface area (Å²) in [5.41, 5.74) is 3.39. The third-order valence-corrected chi connectivity index (χ3v) is 4.04. The van der Waals surface area contributed by atoms with E-state index < -0.39 is 0 Å². The van der Waals surface area contributed by atoms with Crippen LogP contribution >= 0.6 is 0 Å². The summed E-state index contributed by atoms with van der Waals surface area (Å²) in [5, 5.41) is 3.11. The number of carbonyl (C=O) groups excluding carboxylic acids is 1. The van der Waals surface area contributed by atoms with E-state index in [1.807, 2.05) is 59.9 Å². The molecule has 1 amide bonds. The van der Waals surface area contributed by atoms with Crippen molar-refractivity contribution in [3.63, 3.8) is 0 Å². The third kappa shape index (κ3) is 3.11. The second-order valence-electron chi connectivity index (χ2n) is 6.13. The molecule has 1 unspecified atom stereocenters. The smallest absolute Gasteiger partial charge is 0.271 e. The molecular formula is C19H21N3O. The lowest BCUT2D eigenvalue weighted by atomic mass is 9.96. The molecule has 3 aromatic rings. The monoisotopic (exact) mass is 307 g/mol. The van der Waals surface area contributed by atoms with Gasteiger partial charge in [0.05, 0.1) is 6.04 Å². The molecule has 0 fully saturated rings. The molecule has 1 aromatic carbocycles. The Balaban J connectivity index is 1.88. The van der Waals surface area contributed by atoms with E-state index in [-0.39, 0.29) is 11.9 Å². The number of aryl methyl sites for hydroxylation is 1. The highest BCUT2D eigenvalue weighted by atomic mass is 16.2. The highest BCUT2D eigenvalue weighted by Crippen LogP contribution is 2.22. The summed E-state index contributed by atoms with van der Waals surface area (Å²) in [7, 11) is 0. The van der Waals surface area contributed by atoms with Crippen molar-refractivity contribution in [2.75, 3.05) is 0 Å². The molecule has 1 N–H and O–H groups in total. The molecule has 2 aromatic heterocycles. The Labute approximate surface area is 136 Å². The van der Waals surface area contributed by atoms with Crippen LogP contribution in [0.15, 0.2) is 54.7 Å². The van der Waals surface area contributed by atoms with Crippen LogP contribution in [-0.2, 0) is 0 Å². The molecule has 0 saturated heterocycles. The van der Waals surface area contributed by atoms with E-state index in [2.05, 4.69) is 24.1 Å². The van der Waals surface area contributed by atoms with E-state index in [1.54, 1.807) is 6.20 Å². The molecule has 3 rings (SSSR count). The fraction of sp³-hybridized carbons (Fsp3) is 0.263. The molecule has 4 heteroatoms. The fourth-order valence-electron chi connectivity index (χ4n) is 2.77. The number of amides is 1. The Kier molecular flexibility index (Phi) is 4.15. The number of rotatable bonds is 4. The summed E-state index contributed by atoms with van der Waals surface area (Å²) in [4.78, 5) is 17.1. The first-order chi connectivity index (χ1) is 11.1. The van der Waals surface area contributed by atoms with Gasteiger partial charge in [0.1, 0.15) is 11.3 Å². The molecule has 1 atom stereocenters. The Hall–Kier alpha value is -2.62. The summed E-state index contributed by atoms with van der Waals surface area (Å²) >= 11 is 0. The molecule has 0 radical (unpaired) electrons. The second-order valence-corrected chi connectivity index (χ2v) is 6.13. The first-order valence-electron chi connectivity index (χ1n) is 7.87. The van der Waals surface area contributed by atoms with Gasteiger partial charge in [-0.1, -0.05) is 50.2 Å². The number of hydrogen-bond donors (Lipinski definition) is 1. The molecule has 0 aliphatic rings. The summed E-state index contributed by atoms with van der Waals surface area (Å²) in [6, 6.07) is 15.9. The van der Waals surface area contributed by atoms with Gasteiger partial charge in [-0.05, 0) is 30.5 Å². The average molecular weight is 307 g/mol. The number of pyridine rings is 1. The molecule has 0 saturated carbocycles. The average Bonchev–Trinajstić information content (AvgIpc) is 2.99. The molecule has 2 heterocycles. The predicted molar refractivity (Wildman–Crippen MR) is 91.4 cm³/mol. The minimum atomic E-state index is -0.143. The van der Waals surface area contributed by atoms with Crippen LogP contribution < -0.4 is 5.32 Å². The van der Waals surface area contributed by atoms with Crippen molar-refractivity contribution in [1.82, 2.24) is 14.7 Å². The fourth-order valence-corrected chi connectivity index (χ4v) is 2.77. The quantitative estimate of drug-likeness (QED) is 0.797. The van der Waals surface area contributed by atoms with Crippen LogP contribution in [0.3, 0.4) is 0 Å². The van der Waals surface area contributed by atoms with E-state index in [0.29, 0.717) is 11.6 Å². The van der Waals surface area contributed by atoms with E-state index in [9.17, 15) is 4.79 Å². The lowest BCUT2D eigenvalue weighted by Gasteiger charge is -2.22. The van der Waals surface area contributed by atoms with Crippen molar-refractivity contribution in [1.29, 1.82) is 0 Å². The maximum atomic E-state index is 12.6.